The Bertz CT molecular complexity index is 602. The zero-order chi connectivity index (χ0) is 12.6. The van der Waals surface area contributed by atoms with E-state index in [1.54, 1.807) is 23.2 Å². The lowest BCUT2D eigenvalue weighted by Crippen LogP contribution is -2.29. The van der Waals surface area contributed by atoms with Crippen molar-refractivity contribution in [1.82, 2.24) is 4.13 Å². The van der Waals surface area contributed by atoms with Gasteiger partial charge in [0, 0.05) is 0 Å². The molecule has 5 nitrogen and oxygen atoms in total. The summed E-state index contributed by atoms with van der Waals surface area (Å²) in [5.74, 6) is 0. The molecule has 0 radical (unpaired) electrons. The molecule has 0 atom stereocenters. The smallest absolute Gasteiger partial charge is 0.212 e. The molecule has 16 heavy (non-hydrogen) atoms. The molecule has 0 aliphatic heterocycles. The molecule has 0 aliphatic carbocycles. The number of nitrogens with one attached hydrogen (secondary N) is 1. The molecule has 0 aromatic heterocycles. The lowest BCUT2D eigenvalue weighted by atomic mass is 10.2. The van der Waals surface area contributed by atoms with E-state index in [2.05, 4.69) is 0 Å². The molecule has 1 N–H and O–H groups in total. The van der Waals surface area contributed by atoms with Gasteiger partial charge in [-0.1, -0.05) is 17.7 Å². The molecule has 1 aromatic rings. The molecule has 0 saturated carbocycles. The minimum Gasteiger partial charge on any atom is -0.212 e. The number of aryl methyl sites for hydroxylation is 2. The first-order valence-electron chi connectivity index (χ1n) is 4.43. The van der Waals surface area contributed by atoms with E-state index in [0.717, 1.165) is 11.8 Å². The molecule has 0 fully saturated rings. The van der Waals surface area contributed by atoms with Gasteiger partial charge >= 0.3 is 0 Å². The number of benzene rings is 1. The minimum atomic E-state index is -4.00. The van der Waals surface area contributed by atoms with Crippen molar-refractivity contribution >= 4 is 20.0 Å². The summed E-state index contributed by atoms with van der Waals surface area (Å²) in [6, 6.07) is 4.68. The second-order valence-corrected chi connectivity index (χ2v) is 7.29. The van der Waals surface area contributed by atoms with Gasteiger partial charge in [-0.15, -0.1) is 4.13 Å². The van der Waals surface area contributed by atoms with E-state index >= 15 is 0 Å². The van der Waals surface area contributed by atoms with Crippen LogP contribution in [0.4, 0.5) is 0 Å². The number of hydrogen-bond donors (Lipinski definition) is 1. The van der Waals surface area contributed by atoms with E-state index in [4.69, 9.17) is 0 Å². The molecule has 7 heteroatoms. The average molecular weight is 263 g/mol. The Balaban J connectivity index is 3.29. The lowest BCUT2D eigenvalue weighted by Gasteiger charge is -2.08. The Labute approximate surface area is 95.6 Å². The maximum Gasteiger partial charge on any atom is 0.253 e. The fraction of sp³-hybridized carbons (Fsp3) is 0.333. The van der Waals surface area contributed by atoms with Crippen LogP contribution in [0.25, 0.3) is 0 Å². The zero-order valence-corrected chi connectivity index (χ0v) is 10.8. The molecule has 1 aromatic carbocycles. The van der Waals surface area contributed by atoms with E-state index in [1.165, 1.54) is 6.07 Å². The first-order valence-corrected chi connectivity index (χ1v) is 7.80. The highest BCUT2D eigenvalue weighted by Gasteiger charge is 2.20. The van der Waals surface area contributed by atoms with Crippen LogP contribution in [0.5, 0.6) is 0 Å². The third-order valence-electron chi connectivity index (χ3n) is 1.88. The molecule has 0 bridgehead atoms. The van der Waals surface area contributed by atoms with Crippen LogP contribution >= 0.6 is 0 Å². The van der Waals surface area contributed by atoms with Gasteiger partial charge in [-0.25, -0.2) is 16.8 Å². The van der Waals surface area contributed by atoms with Crippen molar-refractivity contribution in [3.05, 3.63) is 29.3 Å². The van der Waals surface area contributed by atoms with Gasteiger partial charge < -0.3 is 0 Å². The van der Waals surface area contributed by atoms with Gasteiger partial charge in [0.15, 0.2) is 0 Å². The third kappa shape index (κ3) is 3.29. The van der Waals surface area contributed by atoms with Crippen molar-refractivity contribution in [3.63, 3.8) is 0 Å². The summed E-state index contributed by atoms with van der Waals surface area (Å²) in [4.78, 5) is -0.0245. The first kappa shape index (κ1) is 13.1. The normalized spacial score (nSPS) is 12.7. The standard InChI is InChI=1S/C9H13NO4S2/c1-7-4-5-9(8(2)6-7)16(13,14)10-15(3,11)12/h4-6,10H,1-3H3. The van der Waals surface area contributed by atoms with Gasteiger partial charge in [0.25, 0.3) is 10.0 Å². The fourth-order valence-corrected chi connectivity index (χ4v) is 4.03. The van der Waals surface area contributed by atoms with Gasteiger partial charge in [0.2, 0.25) is 10.0 Å². The molecule has 0 saturated heterocycles. The summed E-state index contributed by atoms with van der Waals surface area (Å²) in [7, 11) is -7.80. The van der Waals surface area contributed by atoms with Crippen LogP contribution in [0.15, 0.2) is 23.1 Å². The second-order valence-electron chi connectivity index (χ2n) is 3.63. The van der Waals surface area contributed by atoms with Crippen molar-refractivity contribution in [3.8, 4) is 0 Å². The van der Waals surface area contributed by atoms with Crippen LogP contribution in [-0.4, -0.2) is 23.1 Å². The van der Waals surface area contributed by atoms with E-state index in [9.17, 15) is 16.8 Å². The van der Waals surface area contributed by atoms with Crippen molar-refractivity contribution in [2.45, 2.75) is 18.7 Å². The Hall–Kier alpha value is -0.920. The van der Waals surface area contributed by atoms with Gasteiger partial charge in [0.05, 0.1) is 11.2 Å². The van der Waals surface area contributed by atoms with Crippen molar-refractivity contribution in [2.75, 3.05) is 6.26 Å². The number of hydrogen-bond acceptors (Lipinski definition) is 4. The van der Waals surface area contributed by atoms with Gasteiger partial charge in [-0.05, 0) is 25.5 Å². The van der Waals surface area contributed by atoms with Crippen LogP contribution in [-0.2, 0) is 20.0 Å². The van der Waals surface area contributed by atoms with Crippen LogP contribution in [0.1, 0.15) is 11.1 Å². The van der Waals surface area contributed by atoms with E-state index in [0.29, 0.717) is 5.56 Å². The molecule has 90 valence electrons. The first-order chi connectivity index (χ1) is 7.12. The summed E-state index contributed by atoms with van der Waals surface area (Å²) >= 11 is 0. The van der Waals surface area contributed by atoms with Gasteiger partial charge in [-0.3, -0.25) is 0 Å². The molecule has 0 unspecified atom stereocenters. The summed E-state index contributed by atoms with van der Waals surface area (Å²) in [6.45, 7) is 3.44. The quantitative estimate of drug-likeness (QED) is 0.863. The summed E-state index contributed by atoms with van der Waals surface area (Å²) in [5.41, 5.74) is 1.42. The molecular formula is C9H13NO4S2. The SMILES string of the molecule is Cc1ccc(S(=O)(=O)NS(C)(=O)=O)c(C)c1. The highest BCUT2D eigenvalue weighted by molar-refractivity contribution is 8.04. The minimum absolute atomic E-state index is 0.0245. The largest absolute Gasteiger partial charge is 0.253 e. The lowest BCUT2D eigenvalue weighted by molar-refractivity contribution is 0.580. The highest BCUT2D eigenvalue weighted by Crippen LogP contribution is 2.16. The summed E-state index contributed by atoms with van der Waals surface area (Å²) < 4.78 is 46.8. The predicted molar refractivity (Wildman–Crippen MR) is 61.1 cm³/mol. The second kappa shape index (κ2) is 4.15. The van der Waals surface area contributed by atoms with Crippen molar-refractivity contribution in [2.24, 2.45) is 0 Å². The molecule has 0 aliphatic rings. The molecule has 1 rings (SSSR count). The van der Waals surface area contributed by atoms with Crippen LogP contribution < -0.4 is 4.13 Å². The Morgan fingerprint density at radius 2 is 1.62 bits per heavy atom. The monoisotopic (exact) mass is 263 g/mol. The van der Waals surface area contributed by atoms with Crippen LogP contribution in [0, 0.1) is 13.8 Å². The molecule has 0 amide bonds. The molecule has 0 heterocycles. The van der Waals surface area contributed by atoms with Crippen molar-refractivity contribution in [1.29, 1.82) is 0 Å². The maximum atomic E-state index is 11.7. The fourth-order valence-electron chi connectivity index (χ4n) is 1.35. The van der Waals surface area contributed by atoms with Crippen LogP contribution in [0.2, 0.25) is 0 Å². The summed E-state index contributed by atoms with van der Waals surface area (Å²) in [6.07, 6.45) is 0.800. The Morgan fingerprint density at radius 1 is 1.06 bits per heavy atom. The van der Waals surface area contributed by atoms with E-state index < -0.39 is 20.0 Å². The topological polar surface area (TPSA) is 80.3 Å². The maximum absolute atomic E-state index is 11.7. The van der Waals surface area contributed by atoms with Crippen LogP contribution in [0.3, 0.4) is 0 Å². The number of rotatable bonds is 3. The Morgan fingerprint density at radius 3 is 2.06 bits per heavy atom. The summed E-state index contributed by atoms with van der Waals surface area (Å²) in [5, 5.41) is 0. The van der Waals surface area contributed by atoms with Gasteiger partial charge in [-0.2, -0.15) is 0 Å². The zero-order valence-electron chi connectivity index (χ0n) is 9.18. The third-order valence-corrected chi connectivity index (χ3v) is 5.01. The number of sulfonamides is 2. The van der Waals surface area contributed by atoms with Gasteiger partial charge in [0.1, 0.15) is 0 Å². The highest BCUT2D eigenvalue weighted by atomic mass is 32.3. The predicted octanol–water partition coefficient (Wildman–Crippen LogP) is 0.541. The molecular weight excluding hydrogens is 250 g/mol. The Kier molecular flexibility index (Phi) is 3.41. The van der Waals surface area contributed by atoms with E-state index in [1.807, 2.05) is 6.92 Å². The van der Waals surface area contributed by atoms with Crippen molar-refractivity contribution < 1.29 is 16.8 Å². The average Bonchev–Trinajstić information content (AvgIpc) is 1.97. The molecule has 0 spiro atoms. The van der Waals surface area contributed by atoms with E-state index in [-0.39, 0.29) is 4.90 Å².